The summed E-state index contributed by atoms with van der Waals surface area (Å²) in [5, 5.41) is 7.84. The first-order valence-corrected chi connectivity index (χ1v) is 23.9. The van der Waals surface area contributed by atoms with Gasteiger partial charge in [-0.2, -0.15) is 0 Å². The summed E-state index contributed by atoms with van der Waals surface area (Å²) in [4.78, 5) is 9.73. The summed E-state index contributed by atoms with van der Waals surface area (Å²) in [5.74, 6) is 0. The van der Waals surface area contributed by atoms with Gasteiger partial charge < -0.3 is 4.98 Å². The minimum Gasteiger partial charge on any atom is -0.353 e. The molecule has 0 saturated heterocycles. The number of hydrogen-bond donors (Lipinski definition) is 1. The number of thiophene rings is 2. The van der Waals surface area contributed by atoms with Crippen LogP contribution in [0.25, 0.3) is 64.2 Å². The van der Waals surface area contributed by atoms with Gasteiger partial charge in [0, 0.05) is 41.1 Å². The molecule has 0 saturated carbocycles. The van der Waals surface area contributed by atoms with Gasteiger partial charge in [-0.15, -0.1) is 22.7 Å². The zero-order valence-corrected chi connectivity index (χ0v) is 35.6. The van der Waals surface area contributed by atoms with Crippen molar-refractivity contribution in [3.8, 4) is 20.9 Å². The average molecular weight is 768 g/mol. The van der Waals surface area contributed by atoms with Crippen LogP contribution in [-0.2, 0) is 12.8 Å². The van der Waals surface area contributed by atoms with E-state index in [9.17, 15) is 0 Å². The Balaban J connectivity index is 0.954. The van der Waals surface area contributed by atoms with Crippen LogP contribution in [0.2, 0.25) is 0 Å². The first-order chi connectivity index (χ1) is 27.2. The van der Waals surface area contributed by atoms with E-state index in [1.54, 1.807) is 0 Å². The van der Waals surface area contributed by atoms with Crippen LogP contribution in [0.5, 0.6) is 0 Å². The highest BCUT2D eigenvalue weighted by Crippen LogP contribution is 2.39. The Kier molecular flexibility index (Phi) is 15.0. The zero-order chi connectivity index (χ0) is 37.7. The molecule has 55 heavy (non-hydrogen) atoms. The molecule has 0 fully saturated rings. The van der Waals surface area contributed by atoms with Crippen molar-refractivity contribution in [2.75, 3.05) is 0 Å². The van der Waals surface area contributed by atoms with E-state index in [4.69, 9.17) is 0 Å². The van der Waals surface area contributed by atoms with Crippen LogP contribution < -0.4 is 0 Å². The Morgan fingerprint density at radius 3 is 1.13 bits per heavy atom. The normalized spacial score (nSPS) is 12.0. The third-order valence-corrected chi connectivity index (χ3v) is 14.4. The molecule has 290 valence electrons. The van der Waals surface area contributed by atoms with Gasteiger partial charge in [-0.25, -0.2) is 0 Å². The molecule has 0 radical (unpaired) electrons. The van der Waals surface area contributed by atoms with Crippen LogP contribution in [0, 0.1) is 0 Å². The fourth-order valence-corrected chi connectivity index (χ4v) is 10.8. The molecule has 0 spiro atoms. The fourth-order valence-electron chi connectivity index (χ4n) is 8.72. The van der Waals surface area contributed by atoms with E-state index in [2.05, 4.69) is 104 Å². The number of aromatic amines is 1. The van der Waals surface area contributed by atoms with Crippen LogP contribution >= 0.6 is 22.7 Å². The number of aryl methyl sites for hydroxylation is 2. The lowest BCUT2D eigenvalue weighted by Gasteiger charge is -2.04. The molecular formula is C52H65NS2. The van der Waals surface area contributed by atoms with Gasteiger partial charge in [-0.3, -0.25) is 0 Å². The molecule has 0 bridgehead atoms. The van der Waals surface area contributed by atoms with Crippen molar-refractivity contribution in [3.05, 3.63) is 94.7 Å². The SMILES string of the molecule is CCCCCCCCCCCCc1ccc(-c2ccc3c(ccc4c5ccc6cc(-c7ccc(CCCCCCCCCCCC)s7)ccc6c5[nH]c34)c2)s1. The van der Waals surface area contributed by atoms with Gasteiger partial charge in [0.2, 0.25) is 0 Å². The fraction of sp³-hybridized carbons (Fsp3) is 0.462. The monoisotopic (exact) mass is 767 g/mol. The average Bonchev–Trinajstić information content (AvgIpc) is 3.98. The van der Waals surface area contributed by atoms with E-state index >= 15 is 0 Å². The Bertz CT molecular complexity index is 2070. The summed E-state index contributed by atoms with van der Waals surface area (Å²) in [5.41, 5.74) is 5.16. The van der Waals surface area contributed by atoms with E-state index < -0.39 is 0 Å². The predicted molar refractivity (Wildman–Crippen MR) is 249 cm³/mol. The van der Waals surface area contributed by atoms with E-state index in [1.807, 2.05) is 22.7 Å². The van der Waals surface area contributed by atoms with E-state index in [1.165, 1.54) is 215 Å². The predicted octanol–water partition coefficient (Wildman–Crippen LogP) is 18.0. The van der Waals surface area contributed by atoms with Crippen molar-refractivity contribution >= 4 is 66.0 Å². The highest BCUT2D eigenvalue weighted by atomic mass is 32.1. The molecule has 0 atom stereocenters. The molecule has 1 nitrogen and oxygen atoms in total. The number of fused-ring (bicyclic) bond motifs is 7. The van der Waals surface area contributed by atoms with Gasteiger partial charge >= 0.3 is 0 Å². The van der Waals surface area contributed by atoms with Gasteiger partial charge in [0.25, 0.3) is 0 Å². The Morgan fingerprint density at radius 2 is 0.727 bits per heavy atom. The third kappa shape index (κ3) is 10.5. The number of H-pyrrole nitrogens is 1. The van der Waals surface area contributed by atoms with E-state index in [-0.39, 0.29) is 0 Å². The molecule has 1 N–H and O–H groups in total. The minimum atomic E-state index is 1.22. The topological polar surface area (TPSA) is 15.8 Å². The second-order valence-corrected chi connectivity index (χ2v) is 18.7. The quantitative estimate of drug-likeness (QED) is 0.0590. The van der Waals surface area contributed by atoms with Crippen LogP contribution in [0.3, 0.4) is 0 Å². The minimum absolute atomic E-state index is 1.22. The van der Waals surface area contributed by atoms with Gasteiger partial charge in [0.15, 0.2) is 0 Å². The highest BCUT2D eigenvalue weighted by Gasteiger charge is 2.13. The summed E-state index contributed by atoms with van der Waals surface area (Å²) < 4.78 is 0. The molecular weight excluding hydrogens is 703 g/mol. The van der Waals surface area contributed by atoms with Crippen molar-refractivity contribution in [3.63, 3.8) is 0 Å². The lowest BCUT2D eigenvalue weighted by molar-refractivity contribution is 0.557. The molecule has 3 heterocycles. The number of rotatable bonds is 24. The molecule has 0 aliphatic heterocycles. The van der Waals surface area contributed by atoms with Crippen molar-refractivity contribution in [1.29, 1.82) is 0 Å². The van der Waals surface area contributed by atoms with Crippen LogP contribution in [-0.4, -0.2) is 4.98 Å². The molecule has 7 aromatic rings. The van der Waals surface area contributed by atoms with Crippen molar-refractivity contribution in [2.45, 2.75) is 155 Å². The summed E-state index contributed by atoms with van der Waals surface area (Å²) >= 11 is 3.97. The maximum absolute atomic E-state index is 3.90. The molecule has 0 unspecified atom stereocenters. The standard InChI is InChI=1S/C52H65NS2/c1-3-5-7-9-11-13-15-17-19-21-23-43-29-35-49(54-43)41-27-31-45-39(37-41)25-33-47-48-34-26-40-38-42(28-32-46(40)52(48)53-51(45)47)50-36-30-44(55-50)24-22-20-18-16-14-12-10-8-6-4-2/h25-38,53H,3-24H2,1-2H3. The number of nitrogens with one attached hydrogen (secondary N) is 1. The largest absolute Gasteiger partial charge is 0.353 e. The van der Waals surface area contributed by atoms with Crippen molar-refractivity contribution < 1.29 is 0 Å². The molecule has 0 aliphatic carbocycles. The first-order valence-electron chi connectivity index (χ1n) is 22.3. The summed E-state index contributed by atoms with van der Waals surface area (Å²) in [6.07, 6.45) is 30.3. The van der Waals surface area contributed by atoms with Crippen molar-refractivity contribution in [1.82, 2.24) is 4.98 Å². The number of benzene rings is 4. The molecule has 3 heteroatoms. The highest BCUT2D eigenvalue weighted by molar-refractivity contribution is 7.15. The smallest absolute Gasteiger partial charge is 0.0544 e. The summed E-state index contributed by atoms with van der Waals surface area (Å²) in [7, 11) is 0. The van der Waals surface area contributed by atoms with E-state index in [0.717, 1.165) is 0 Å². The van der Waals surface area contributed by atoms with Gasteiger partial charge in [-0.1, -0.05) is 178 Å². The summed E-state index contributed by atoms with van der Waals surface area (Å²) in [6.45, 7) is 4.60. The molecule has 4 aromatic carbocycles. The second-order valence-electron chi connectivity index (χ2n) is 16.4. The lowest BCUT2D eigenvalue weighted by atomic mass is 10.0. The number of unbranched alkanes of at least 4 members (excludes halogenated alkanes) is 18. The van der Waals surface area contributed by atoms with Gasteiger partial charge in [-0.05, 0) is 84.0 Å². The van der Waals surface area contributed by atoms with Crippen LogP contribution in [0.4, 0.5) is 0 Å². The lowest BCUT2D eigenvalue weighted by Crippen LogP contribution is -1.84. The Hall–Kier alpha value is -3.40. The maximum Gasteiger partial charge on any atom is 0.0544 e. The summed E-state index contributed by atoms with van der Waals surface area (Å²) in [6, 6.07) is 32.9. The Morgan fingerprint density at radius 1 is 0.364 bits per heavy atom. The Labute approximate surface area is 340 Å². The molecule has 3 aromatic heterocycles. The molecule has 0 amide bonds. The molecule has 7 rings (SSSR count). The maximum atomic E-state index is 3.90. The first kappa shape index (κ1) is 39.8. The third-order valence-electron chi connectivity index (χ3n) is 12.0. The second kappa shape index (κ2) is 20.7. The number of hydrogen-bond acceptors (Lipinski definition) is 2. The zero-order valence-electron chi connectivity index (χ0n) is 34.0. The van der Waals surface area contributed by atoms with Crippen LogP contribution in [0.15, 0.2) is 84.9 Å². The van der Waals surface area contributed by atoms with Gasteiger partial charge in [0.05, 0.1) is 11.0 Å². The van der Waals surface area contributed by atoms with Crippen LogP contribution in [0.1, 0.15) is 152 Å². The van der Waals surface area contributed by atoms with Gasteiger partial charge in [0.1, 0.15) is 0 Å². The molecule has 0 aliphatic rings. The van der Waals surface area contributed by atoms with Crippen molar-refractivity contribution in [2.24, 2.45) is 0 Å². The number of aromatic nitrogens is 1. The van der Waals surface area contributed by atoms with E-state index in [0.29, 0.717) is 0 Å².